The van der Waals surface area contributed by atoms with Gasteiger partial charge in [0.2, 0.25) is 5.91 Å². The van der Waals surface area contributed by atoms with Crippen molar-refractivity contribution in [3.8, 4) is 0 Å². The molecule has 1 amide bonds. The molecule has 1 fully saturated rings. The Morgan fingerprint density at radius 3 is 2.27 bits per heavy atom. The highest BCUT2D eigenvalue weighted by atomic mass is 19.4. The summed E-state index contributed by atoms with van der Waals surface area (Å²) in [6.45, 7) is 5.12. The Labute approximate surface area is 149 Å². The molecule has 0 atom stereocenters. The molecule has 0 bridgehead atoms. The second kappa shape index (κ2) is 6.97. The Morgan fingerprint density at radius 2 is 1.73 bits per heavy atom. The number of rotatable bonds is 3. The standard InChI is InChI=1S/C17H20F3N5O/c1-12-13(2)25(22-16(12)17(18,19)20)11-15(26)24-9-7-23(8-10-24)14-3-5-21-6-4-14/h3-6H,7-11H2,1-2H3. The summed E-state index contributed by atoms with van der Waals surface area (Å²) < 4.78 is 40.0. The van der Waals surface area contributed by atoms with Crippen molar-refractivity contribution >= 4 is 11.6 Å². The molecule has 0 aliphatic carbocycles. The lowest BCUT2D eigenvalue weighted by atomic mass is 10.2. The molecule has 1 aliphatic heterocycles. The van der Waals surface area contributed by atoms with Gasteiger partial charge in [0, 0.05) is 55.5 Å². The zero-order valence-electron chi connectivity index (χ0n) is 14.6. The van der Waals surface area contributed by atoms with Crippen LogP contribution in [0.25, 0.3) is 0 Å². The minimum atomic E-state index is -4.51. The molecular weight excluding hydrogens is 347 g/mol. The smallest absolute Gasteiger partial charge is 0.368 e. The fourth-order valence-electron chi connectivity index (χ4n) is 3.06. The number of anilines is 1. The Bertz CT molecular complexity index is 780. The van der Waals surface area contributed by atoms with Crippen LogP contribution in [0.5, 0.6) is 0 Å². The molecule has 26 heavy (non-hydrogen) atoms. The summed E-state index contributed by atoms with van der Waals surface area (Å²) in [7, 11) is 0. The highest BCUT2D eigenvalue weighted by Crippen LogP contribution is 2.31. The van der Waals surface area contributed by atoms with Gasteiger partial charge in [0.25, 0.3) is 0 Å². The van der Waals surface area contributed by atoms with Crippen molar-refractivity contribution < 1.29 is 18.0 Å². The van der Waals surface area contributed by atoms with Crippen molar-refractivity contribution in [1.29, 1.82) is 0 Å². The minimum Gasteiger partial charge on any atom is -0.368 e. The van der Waals surface area contributed by atoms with Crippen molar-refractivity contribution in [2.24, 2.45) is 0 Å². The first kappa shape index (κ1) is 18.2. The van der Waals surface area contributed by atoms with Crippen LogP contribution < -0.4 is 4.90 Å². The van der Waals surface area contributed by atoms with E-state index in [2.05, 4.69) is 15.0 Å². The van der Waals surface area contributed by atoms with E-state index < -0.39 is 11.9 Å². The number of halogens is 3. The molecule has 0 aromatic carbocycles. The first-order valence-electron chi connectivity index (χ1n) is 8.31. The van der Waals surface area contributed by atoms with Crippen LogP contribution >= 0.6 is 0 Å². The van der Waals surface area contributed by atoms with Gasteiger partial charge in [-0.3, -0.25) is 14.5 Å². The summed E-state index contributed by atoms with van der Waals surface area (Å²) in [6, 6.07) is 3.82. The van der Waals surface area contributed by atoms with E-state index in [4.69, 9.17) is 0 Å². The predicted molar refractivity (Wildman–Crippen MR) is 89.7 cm³/mol. The van der Waals surface area contributed by atoms with Crippen molar-refractivity contribution in [3.05, 3.63) is 41.5 Å². The molecule has 0 unspecified atom stereocenters. The summed E-state index contributed by atoms with van der Waals surface area (Å²) in [5, 5.41) is 3.60. The number of alkyl halides is 3. The van der Waals surface area contributed by atoms with E-state index in [0.717, 1.165) is 10.4 Å². The van der Waals surface area contributed by atoms with Crippen LogP contribution in [0.2, 0.25) is 0 Å². The van der Waals surface area contributed by atoms with E-state index in [0.29, 0.717) is 31.9 Å². The van der Waals surface area contributed by atoms with Gasteiger partial charge in [-0.25, -0.2) is 0 Å². The molecule has 1 saturated heterocycles. The molecule has 2 aromatic heterocycles. The van der Waals surface area contributed by atoms with Crippen LogP contribution in [-0.2, 0) is 17.5 Å². The van der Waals surface area contributed by atoms with E-state index in [1.165, 1.54) is 6.92 Å². The van der Waals surface area contributed by atoms with E-state index in [1.54, 1.807) is 24.2 Å². The third-order valence-electron chi connectivity index (χ3n) is 4.72. The number of carbonyl (C=O) groups is 1. The average molecular weight is 367 g/mol. The molecule has 140 valence electrons. The van der Waals surface area contributed by atoms with Gasteiger partial charge in [0.1, 0.15) is 6.54 Å². The second-order valence-corrected chi connectivity index (χ2v) is 6.29. The fraction of sp³-hybridized carbons (Fsp3) is 0.471. The van der Waals surface area contributed by atoms with Gasteiger partial charge in [0.15, 0.2) is 5.69 Å². The highest BCUT2D eigenvalue weighted by molar-refractivity contribution is 5.76. The molecule has 6 nitrogen and oxygen atoms in total. The predicted octanol–water partition coefficient (Wildman–Crippen LogP) is 2.26. The molecule has 1 aliphatic rings. The van der Waals surface area contributed by atoms with Crippen LogP contribution in [0.15, 0.2) is 24.5 Å². The van der Waals surface area contributed by atoms with Gasteiger partial charge in [-0.15, -0.1) is 0 Å². The first-order chi connectivity index (χ1) is 12.3. The van der Waals surface area contributed by atoms with Crippen molar-refractivity contribution in [2.75, 3.05) is 31.1 Å². The summed E-state index contributed by atoms with van der Waals surface area (Å²) >= 11 is 0. The van der Waals surface area contributed by atoms with Crippen LogP contribution in [0.1, 0.15) is 17.0 Å². The monoisotopic (exact) mass is 367 g/mol. The van der Waals surface area contributed by atoms with Gasteiger partial charge in [0.05, 0.1) is 0 Å². The maximum atomic E-state index is 13.0. The lowest BCUT2D eigenvalue weighted by Gasteiger charge is -2.36. The van der Waals surface area contributed by atoms with Crippen molar-refractivity contribution in [3.63, 3.8) is 0 Å². The largest absolute Gasteiger partial charge is 0.435 e. The lowest BCUT2D eigenvalue weighted by molar-refractivity contribution is -0.142. The van der Waals surface area contributed by atoms with E-state index >= 15 is 0 Å². The normalized spacial score (nSPS) is 15.4. The molecule has 0 spiro atoms. The number of aromatic nitrogens is 3. The third-order valence-corrected chi connectivity index (χ3v) is 4.72. The Morgan fingerprint density at radius 1 is 1.12 bits per heavy atom. The van der Waals surface area contributed by atoms with Gasteiger partial charge < -0.3 is 9.80 Å². The van der Waals surface area contributed by atoms with E-state index in [-0.39, 0.29) is 18.0 Å². The molecule has 2 aromatic rings. The Balaban J connectivity index is 1.63. The molecule has 3 heterocycles. The Kier molecular flexibility index (Phi) is 4.88. The van der Waals surface area contributed by atoms with Crippen molar-refractivity contribution in [1.82, 2.24) is 19.7 Å². The number of pyridine rings is 1. The van der Waals surface area contributed by atoms with Crippen LogP contribution in [0.4, 0.5) is 18.9 Å². The fourth-order valence-corrected chi connectivity index (χ4v) is 3.06. The average Bonchev–Trinajstić information content (AvgIpc) is 2.91. The number of amides is 1. The maximum absolute atomic E-state index is 13.0. The number of carbonyl (C=O) groups excluding carboxylic acids is 1. The zero-order valence-corrected chi connectivity index (χ0v) is 14.6. The summed E-state index contributed by atoms with van der Waals surface area (Å²) in [5.74, 6) is -0.223. The number of nitrogens with zero attached hydrogens (tertiary/aromatic N) is 5. The molecule has 0 N–H and O–H groups in total. The first-order valence-corrected chi connectivity index (χ1v) is 8.31. The molecule has 0 radical (unpaired) electrons. The number of hydrogen-bond acceptors (Lipinski definition) is 4. The summed E-state index contributed by atoms with van der Waals surface area (Å²) in [5.41, 5.74) is 0.541. The topological polar surface area (TPSA) is 54.3 Å². The van der Waals surface area contributed by atoms with Crippen LogP contribution in [0, 0.1) is 13.8 Å². The quantitative estimate of drug-likeness (QED) is 0.835. The van der Waals surface area contributed by atoms with Gasteiger partial charge in [-0.1, -0.05) is 0 Å². The van der Waals surface area contributed by atoms with Crippen LogP contribution in [0.3, 0.4) is 0 Å². The van der Waals surface area contributed by atoms with Gasteiger partial charge >= 0.3 is 6.18 Å². The van der Waals surface area contributed by atoms with E-state index in [1.807, 2.05) is 12.1 Å². The third kappa shape index (κ3) is 3.66. The number of hydrogen-bond donors (Lipinski definition) is 0. The van der Waals surface area contributed by atoms with Gasteiger partial charge in [-0.2, -0.15) is 18.3 Å². The molecular formula is C17H20F3N5O. The van der Waals surface area contributed by atoms with Gasteiger partial charge in [-0.05, 0) is 26.0 Å². The lowest BCUT2D eigenvalue weighted by Crippen LogP contribution is -2.49. The summed E-state index contributed by atoms with van der Waals surface area (Å²) in [6.07, 6.45) is -1.08. The molecule has 3 rings (SSSR count). The SMILES string of the molecule is Cc1c(C(F)(F)F)nn(CC(=O)N2CCN(c3ccncc3)CC2)c1C. The molecule has 0 saturated carbocycles. The van der Waals surface area contributed by atoms with E-state index in [9.17, 15) is 18.0 Å². The maximum Gasteiger partial charge on any atom is 0.435 e. The number of piperazine rings is 1. The Hall–Kier alpha value is -2.58. The minimum absolute atomic E-state index is 0.0628. The van der Waals surface area contributed by atoms with Crippen molar-refractivity contribution in [2.45, 2.75) is 26.6 Å². The molecule has 9 heteroatoms. The zero-order chi connectivity index (χ0) is 18.9. The highest BCUT2D eigenvalue weighted by Gasteiger charge is 2.37. The summed E-state index contributed by atoms with van der Waals surface area (Å²) in [4.78, 5) is 20.3. The van der Waals surface area contributed by atoms with Crippen LogP contribution in [-0.4, -0.2) is 51.8 Å². The second-order valence-electron chi connectivity index (χ2n) is 6.29.